The second-order valence-electron chi connectivity index (χ2n) is 3.59. The Morgan fingerprint density at radius 3 is 2.73 bits per heavy atom. The highest BCUT2D eigenvalue weighted by atomic mass is 19.1. The quantitative estimate of drug-likeness (QED) is 0.688. The maximum absolute atomic E-state index is 13.4. The predicted molar refractivity (Wildman–Crippen MR) is 55.9 cm³/mol. The van der Waals surface area contributed by atoms with Crippen LogP contribution in [0.1, 0.15) is 24.1 Å². The van der Waals surface area contributed by atoms with E-state index < -0.39 is 0 Å². The van der Waals surface area contributed by atoms with Crippen molar-refractivity contribution in [3.05, 3.63) is 17.2 Å². The molecule has 0 spiro atoms. The third-order valence-corrected chi connectivity index (χ3v) is 2.33. The zero-order valence-corrected chi connectivity index (χ0v) is 9.26. The van der Waals surface area contributed by atoms with Crippen LogP contribution in [0.2, 0.25) is 0 Å². The van der Waals surface area contributed by atoms with Crippen molar-refractivity contribution in [2.75, 3.05) is 13.2 Å². The van der Waals surface area contributed by atoms with E-state index in [0.717, 1.165) is 25.1 Å². The van der Waals surface area contributed by atoms with Gasteiger partial charge in [-0.1, -0.05) is 0 Å². The molecule has 2 N–H and O–H groups in total. The van der Waals surface area contributed by atoms with Gasteiger partial charge in [0, 0.05) is 25.8 Å². The summed E-state index contributed by atoms with van der Waals surface area (Å²) in [5, 5.41) is 15.7. The van der Waals surface area contributed by atoms with Gasteiger partial charge in [-0.2, -0.15) is 9.49 Å². The molecule has 1 aromatic heterocycles. The number of rotatable bonds is 6. The van der Waals surface area contributed by atoms with Crippen LogP contribution < -0.4 is 5.32 Å². The molecular weight excluding hydrogens is 197 g/mol. The molecule has 86 valence electrons. The summed E-state index contributed by atoms with van der Waals surface area (Å²) < 4.78 is 14.7. The Morgan fingerprint density at radius 2 is 2.20 bits per heavy atom. The standard InChI is InChI=1S/C10H18FN3O/c1-8-9(10(11)14(2)13-8)7-12-5-3-4-6-15/h12,15H,3-7H2,1-2H3. The van der Waals surface area contributed by atoms with E-state index in [1.165, 1.54) is 4.68 Å². The number of hydrogen-bond donors (Lipinski definition) is 2. The summed E-state index contributed by atoms with van der Waals surface area (Å²) in [5.41, 5.74) is 1.35. The van der Waals surface area contributed by atoms with Gasteiger partial charge in [-0.3, -0.25) is 0 Å². The van der Waals surface area contributed by atoms with Gasteiger partial charge in [-0.25, -0.2) is 4.68 Å². The molecule has 0 aliphatic carbocycles. The fourth-order valence-corrected chi connectivity index (χ4v) is 1.45. The average Bonchev–Trinajstić information content (AvgIpc) is 2.44. The Morgan fingerprint density at radius 1 is 1.47 bits per heavy atom. The Bertz CT molecular complexity index is 312. The van der Waals surface area contributed by atoms with Crippen molar-refractivity contribution in [3.63, 3.8) is 0 Å². The molecule has 1 aromatic rings. The molecule has 5 heteroatoms. The SMILES string of the molecule is Cc1nn(C)c(F)c1CNCCCCO. The summed E-state index contributed by atoms with van der Waals surface area (Å²) in [6.45, 7) is 3.29. The maximum Gasteiger partial charge on any atom is 0.215 e. The van der Waals surface area contributed by atoms with Crippen molar-refractivity contribution >= 4 is 0 Å². The van der Waals surface area contributed by atoms with E-state index in [9.17, 15) is 4.39 Å². The number of aliphatic hydroxyl groups excluding tert-OH is 1. The zero-order chi connectivity index (χ0) is 11.3. The van der Waals surface area contributed by atoms with Gasteiger partial charge in [0.1, 0.15) is 0 Å². The van der Waals surface area contributed by atoms with Gasteiger partial charge < -0.3 is 10.4 Å². The van der Waals surface area contributed by atoms with Crippen molar-refractivity contribution in [2.45, 2.75) is 26.3 Å². The first-order chi connectivity index (χ1) is 7.16. The summed E-state index contributed by atoms with van der Waals surface area (Å²) in [4.78, 5) is 0. The number of hydrogen-bond acceptors (Lipinski definition) is 3. The lowest BCUT2D eigenvalue weighted by atomic mass is 10.2. The van der Waals surface area contributed by atoms with Gasteiger partial charge in [-0.15, -0.1) is 0 Å². The minimum Gasteiger partial charge on any atom is -0.396 e. The van der Waals surface area contributed by atoms with Crippen LogP contribution in [0.5, 0.6) is 0 Å². The molecule has 0 aliphatic heterocycles. The number of aliphatic hydroxyl groups is 1. The number of halogens is 1. The predicted octanol–water partition coefficient (Wildman–Crippen LogP) is 0.730. The van der Waals surface area contributed by atoms with Crippen molar-refractivity contribution in [1.82, 2.24) is 15.1 Å². The second kappa shape index (κ2) is 5.82. The van der Waals surface area contributed by atoms with Crippen molar-refractivity contribution in [3.8, 4) is 0 Å². The molecule has 0 radical (unpaired) electrons. The van der Waals surface area contributed by atoms with Gasteiger partial charge in [-0.05, 0) is 26.3 Å². The molecule has 0 bridgehead atoms. The fraction of sp³-hybridized carbons (Fsp3) is 0.700. The largest absolute Gasteiger partial charge is 0.396 e. The Hall–Kier alpha value is -0.940. The van der Waals surface area contributed by atoms with E-state index in [1.807, 2.05) is 0 Å². The first-order valence-electron chi connectivity index (χ1n) is 5.16. The Balaban J connectivity index is 2.37. The first-order valence-corrected chi connectivity index (χ1v) is 5.16. The Kier molecular flexibility index (Phi) is 4.71. The van der Waals surface area contributed by atoms with Crippen LogP contribution in [0.4, 0.5) is 4.39 Å². The topological polar surface area (TPSA) is 50.1 Å². The smallest absolute Gasteiger partial charge is 0.215 e. The van der Waals surface area contributed by atoms with Gasteiger partial charge in [0.15, 0.2) is 0 Å². The molecule has 1 rings (SSSR count). The van der Waals surface area contributed by atoms with Crippen LogP contribution in [0.3, 0.4) is 0 Å². The lowest BCUT2D eigenvalue weighted by Crippen LogP contribution is -2.16. The lowest BCUT2D eigenvalue weighted by molar-refractivity contribution is 0.283. The van der Waals surface area contributed by atoms with Crippen molar-refractivity contribution < 1.29 is 9.50 Å². The van der Waals surface area contributed by atoms with Gasteiger partial charge in [0.25, 0.3) is 0 Å². The number of nitrogens with zero attached hydrogens (tertiary/aromatic N) is 2. The molecule has 0 amide bonds. The molecule has 0 aliphatic rings. The molecule has 0 fully saturated rings. The molecule has 15 heavy (non-hydrogen) atoms. The number of aromatic nitrogens is 2. The molecule has 0 aromatic carbocycles. The molecular formula is C10H18FN3O. The van der Waals surface area contributed by atoms with Crippen LogP contribution in [0.25, 0.3) is 0 Å². The molecule has 0 saturated carbocycles. The van der Waals surface area contributed by atoms with Crippen LogP contribution in [0, 0.1) is 12.9 Å². The summed E-state index contributed by atoms with van der Waals surface area (Å²) in [6.07, 6.45) is 1.68. The maximum atomic E-state index is 13.4. The average molecular weight is 215 g/mol. The molecule has 0 saturated heterocycles. The summed E-state index contributed by atoms with van der Waals surface area (Å²) >= 11 is 0. The normalized spacial score (nSPS) is 10.9. The van der Waals surface area contributed by atoms with Crippen LogP contribution in [-0.4, -0.2) is 28.0 Å². The van der Waals surface area contributed by atoms with Crippen LogP contribution in [0.15, 0.2) is 0 Å². The monoisotopic (exact) mass is 215 g/mol. The third-order valence-electron chi connectivity index (χ3n) is 2.33. The highest BCUT2D eigenvalue weighted by molar-refractivity contribution is 5.16. The number of nitrogens with one attached hydrogen (secondary N) is 1. The second-order valence-corrected chi connectivity index (χ2v) is 3.59. The summed E-state index contributed by atoms with van der Waals surface area (Å²) in [6, 6.07) is 0. The highest BCUT2D eigenvalue weighted by Gasteiger charge is 2.11. The van der Waals surface area contributed by atoms with E-state index in [4.69, 9.17) is 5.11 Å². The molecule has 0 unspecified atom stereocenters. The summed E-state index contributed by atoms with van der Waals surface area (Å²) in [5.74, 6) is -0.276. The minimum atomic E-state index is -0.276. The van der Waals surface area contributed by atoms with Gasteiger partial charge >= 0.3 is 0 Å². The van der Waals surface area contributed by atoms with Gasteiger partial charge in [0.2, 0.25) is 5.95 Å². The van der Waals surface area contributed by atoms with Crippen LogP contribution >= 0.6 is 0 Å². The third kappa shape index (κ3) is 3.28. The summed E-state index contributed by atoms with van der Waals surface area (Å²) in [7, 11) is 1.59. The fourth-order valence-electron chi connectivity index (χ4n) is 1.45. The minimum absolute atomic E-state index is 0.210. The van der Waals surface area contributed by atoms with E-state index in [0.29, 0.717) is 12.1 Å². The van der Waals surface area contributed by atoms with Crippen molar-refractivity contribution in [2.24, 2.45) is 7.05 Å². The lowest BCUT2D eigenvalue weighted by Gasteiger charge is -2.03. The van der Waals surface area contributed by atoms with E-state index in [1.54, 1.807) is 14.0 Å². The first kappa shape index (κ1) is 12.1. The molecule has 0 atom stereocenters. The Labute approximate surface area is 89.1 Å². The highest BCUT2D eigenvalue weighted by Crippen LogP contribution is 2.10. The zero-order valence-electron chi connectivity index (χ0n) is 9.26. The molecule has 4 nitrogen and oxygen atoms in total. The van der Waals surface area contributed by atoms with E-state index in [2.05, 4.69) is 10.4 Å². The number of unbranched alkanes of at least 4 members (excludes halogenated alkanes) is 1. The van der Waals surface area contributed by atoms with E-state index >= 15 is 0 Å². The molecule has 1 heterocycles. The van der Waals surface area contributed by atoms with Crippen molar-refractivity contribution in [1.29, 1.82) is 0 Å². The van der Waals surface area contributed by atoms with Crippen LogP contribution in [-0.2, 0) is 13.6 Å². The number of aryl methyl sites for hydroxylation is 2. The van der Waals surface area contributed by atoms with E-state index in [-0.39, 0.29) is 12.6 Å². The van der Waals surface area contributed by atoms with Gasteiger partial charge in [0.05, 0.1) is 5.69 Å².